The first-order valence-electron chi connectivity index (χ1n) is 3.75. The summed E-state index contributed by atoms with van der Waals surface area (Å²) in [5, 5.41) is 18.0. The van der Waals surface area contributed by atoms with Crippen LogP contribution in [0.1, 0.15) is 12.8 Å². The molecule has 4 nitrogen and oxygen atoms in total. The van der Waals surface area contributed by atoms with Gasteiger partial charge in [-0.2, -0.15) is 0 Å². The Morgan fingerprint density at radius 1 is 1.55 bits per heavy atom. The largest absolute Gasteiger partial charge is 0.394 e. The molecule has 0 saturated carbocycles. The van der Waals surface area contributed by atoms with Crippen molar-refractivity contribution < 1.29 is 19.7 Å². The number of hydrogen-bond acceptors (Lipinski definition) is 4. The van der Waals surface area contributed by atoms with Crippen molar-refractivity contribution in [3.05, 3.63) is 0 Å². The van der Waals surface area contributed by atoms with E-state index >= 15 is 0 Å². The molecule has 0 radical (unpaired) electrons. The molecule has 1 heterocycles. The molecule has 4 heteroatoms. The molecule has 66 valence electrons. The highest BCUT2D eigenvalue weighted by atomic mass is 16.7. The summed E-state index contributed by atoms with van der Waals surface area (Å²) in [5.74, 6) is 0. The molecule has 2 N–H and O–H groups in total. The Morgan fingerprint density at radius 3 is 2.82 bits per heavy atom. The second-order valence-electron chi connectivity index (χ2n) is 2.67. The lowest BCUT2D eigenvalue weighted by molar-refractivity contribution is -0.219. The molecule has 0 amide bonds. The van der Waals surface area contributed by atoms with Crippen molar-refractivity contribution in [1.29, 1.82) is 0 Å². The Balaban J connectivity index is 2.37. The molecule has 0 spiro atoms. The quantitative estimate of drug-likeness (QED) is 0.574. The third-order valence-corrected chi connectivity index (χ3v) is 1.90. The fourth-order valence-electron chi connectivity index (χ4n) is 1.18. The molecule has 0 aromatic carbocycles. The highest BCUT2D eigenvalue weighted by molar-refractivity contribution is 4.74. The molecule has 0 bridgehead atoms. The topological polar surface area (TPSA) is 58.9 Å². The summed E-state index contributed by atoms with van der Waals surface area (Å²) < 4.78 is 10.1. The number of aliphatic hydroxyl groups is 2. The number of hydrogen-bond donors (Lipinski definition) is 2. The normalized spacial score (nSPS) is 39.0. The summed E-state index contributed by atoms with van der Waals surface area (Å²) in [7, 11) is 1.55. The van der Waals surface area contributed by atoms with E-state index < -0.39 is 12.2 Å². The molecule has 11 heavy (non-hydrogen) atoms. The zero-order valence-corrected chi connectivity index (χ0v) is 6.56. The first-order valence-corrected chi connectivity index (χ1v) is 3.75. The lowest BCUT2D eigenvalue weighted by atomic mass is 10.1. The number of ether oxygens (including phenoxy) is 2. The van der Waals surface area contributed by atoms with Crippen molar-refractivity contribution in [2.75, 3.05) is 13.7 Å². The standard InChI is InChI=1S/C7H14O4/c1-10-7-3-2-5(9)6(4-8)11-7/h5-9H,2-4H2,1H3/t5-,6+,7+/m0/s1. The van der Waals surface area contributed by atoms with Crippen molar-refractivity contribution in [3.63, 3.8) is 0 Å². The molecule has 1 saturated heterocycles. The van der Waals surface area contributed by atoms with Gasteiger partial charge in [-0.1, -0.05) is 0 Å². The van der Waals surface area contributed by atoms with E-state index in [9.17, 15) is 5.11 Å². The minimum absolute atomic E-state index is 0.152. The van der Waals surface area contributed by atoms with Gasteiger partial charge in [-0.3, -0.25) is 0 Å². The zero-order valence-electron chi connectivity index (χ0n) is 6.56. The molecular weight excluding hydrogens is 148 g/mol. The molecular formula is C7H14O4. The average molecular weight is 162 g/mol. The third kappa shape index (κ3) is 2.13. The van der Waals surface area contributed by atoms with Gasteiger partial charge in [0.15, 0.2) is 6.29 Å². The van der Waals surface area contributed by atoms with Crippen LogP contribution >= 0.6 is 0 Å². The van der Waals surface area contributed by atoms with Gasteiger partial charge in [-0.25, -0.2) is 0 Å². The van der Waals surface area contributed by atoms with Gasteiger partial charge >= 0.3 is 0 Å². The summed E-state index contributed by atoms with van der Waals surface area (Å²) in [6.45, 7) is -0.152. The van der Waals surface area contributed by atoms with E-state index in [0.717, 1.165) is 0 Å². The maximum atomic E-state index is 9.24. The van der Waals surface area contributed by atoms with Crippen LogP contribution in [-0.4, -0.2) is 42.4 Å². The van der Waals surface area contributed by atoms with E-state index in [0.29, 0.717) is 12.8 Å². The van der Waals surface area contributed by atoms with Crippen molar-refractivity contribution in [2.45, 2.75) is 31.3 Å². The second-order valence-corrected chi connectivity index (χ2v) is 2.67. The van der Waals surface area contributed by atoms with Crippen LogP contribution in [0.3, 0.4) is 0 Å². The summed E-state index contributed by atoms with van der Waals surface area (Å²) in [5.41, 5.74) is 0. The Labute approximate surface area is 65.7 Å². The van der Waals surface area contributed by atoms with Crippen LogP contribution in [0.25, 0.3) is 0 Å². The first-order chi connectivity index (χ1) is 5.27. The van der Waals surface area contributed by atoms with Gasteiger partial charge in [-0.15, -0.1) is 0 Å². The predicted octanol–water partition coefficient (Wildman–Crippen LogP) is -0.509. The van der Waals surface area contributed by atoms with Gasteiger partial charge in [0, 0.05) is 13.5 Å². The molecule has 0 unspecified atom stereocenters. The second kappa shape index (κ2) is 4.01. The highest BCUT2D eigenvalue weighted by Gasteiger charge is 2.28. The fourth-order valence-corrected chi connectivity index (χ4v) is 1.18. The van der Waals surface area contributed by atoms with Gasteiger partial charge < -0.3 is 19.7 Å². The van der Waals surface area contributed by atoms with E-state index in [1.54, 1.807) is 7.11 Å². The molecule has 1 aliphatic rings. The van der Waals surface area contributed by atoms with Gasteiger partial charge in [-0.05, 0) is 6.42 Å². The predicted molar refractivity (Wildman–Crippen MR) is 38.0 cm³/mol. The summed E-state index contributed by atoms with van der Waals surface area (Å²) >= 11 is 0. The summed E-state index contributed by atoms with van der Waals surface area (Å²) in [6, 6.07) is 0. The summed E-state index contributed by atoms with van der Waals surface area (Å²) in [4.78, 5) is 0. The maximum absolute atomic E-state index is 9.24. The molecule has 1 aliphatic heterocycles. The lowest BCUT2D eigenvalue weighted by Crippen LogP contribution is -2.41. The molecule has 1 rings (SSSR count). The van der Waals surface area contributed by atoms with Crippen molar-refractivity contribution in [1.82, 2.24) is 0 Å². The van der Waals surface area contributed by atoms with Gasteiger partial charge in [0.25, 0.3) is 0 Å². The van der Waals surface area contributed by atoms with E-state index in [1.807, 2.05) is 0 Å². The minimum Gasteiger partial charge on any atom is -0.394 e. The van der Waals surface area contributed by atoms with E-state index in [4.69, 9.17) is 14.6 Å². The zero-order chi connectivity index (χ0) is 8.27. The Kier molecular flexibility index (Phi) is 3.26. The van der Waals surface area contributed by atoms with Gasteiger partial charge in [0.1, 0.15) is 6.10 Å². The molecule has 0 aliphatic carbocycles. The highest BCUT2D eigenvalue weighted by Crippen LogP contribution is 2.19. The first kappa shape index (κ1) is 8.93. The molecule has 3 atom stereocenters. The lowest BCUT2D eigenvalue weighted by Gasteiger charge is -2.31. The van der Waals surface area contributed by atoms with E-state index in [2.05, 4.69) is 0 Å². The number of rotatable bonds is 2. The fraction of sp³-hybridized carbons (Fsp3) is 1.00. The molecule has 1 fully saturated rings. The smallest absolute Gasteiger partial charge is 0.157 e. The van der Waals surface area contributed by atoms with Crippen LogP contribution in [0.4, 0.5) is 0 Å². The van der Waals surface area contributed by atoms with Crippen LogP contribution in [-0.2, 0) is 9.47 Å². The Hall–Kier alpha value is -0.160. The molecule has 0 aromatic rings. The van der Waals surface area contributed by atoms with E-state index in [1.165, 1.54) is 0 Å². The minimum atomic E-state index is -0.550. The van der Waals surface area contributed by atoms with Crippen LogP contribution in [0.15, 0.2) is 0 Å². The average Bonchev–Trinajstić information content (AvgIpc) is 2.05. The SMILES string of the molecule is CO[C@H]1CC[C@H](O)[C@@H](CO)O1. The van der Waals surface area contributed by atoms with Gasteiger partial charge in [0.05, 0.1) is 12.7 Å². The van der Waals surface area contributed by atoms with Crippen LogP contribution < -0.4 is 0 Å². The van der Waals surface area contributed by atoms with Crippen LogP contribution in [0, 0.1) is 0 Å². The number of aliphatic hydroxyl groups excluding tert-OH is 2. The van der Waals surface area contributed by atoms with Crippen molar-refractivity contribution in [2.24, 2.45) is 0 Å². The van der Waals surface area contributed by atoms with Crippen LogP contribution in [0.5, 0.6) is 0 Å². The molecule has 0 aromatic heterocycles. The van der Waals surface area contributed by atoms with Crippen LogP contribution in [0.2, 0.25) is 0 Å². The Bertz CT molecular complexity index is 117. The number of methoxy groups -OCH3 is 1. The summed E-state index contributed by atoms with van der Waals surface area (Å²) in [6.07, 6.45) is 0.0217. The monoisotopic (exact) mass is 162 g/mol. The van der Waals surface area contributed by atoms with E-state index in [-0.39, 0.29) is 12.9 Å². The van der Waals surface area contributed by atoms with Crippen molar-refractivity contribution >= 4 is 0 Å². The Morgan fingerprint density at radius 2 is 2.27 bits per heavy atom. The van der Waals surface area contributed by atoms with Gasteiger partial charge in [0.2, 0.25) is 0 Å². The maximum Gasteiger partial charge on any atom is 0.157 e. The van der Waals surface area contributed by atoms with Crippen molar-refractivity contribution in [3.8, 4) is 0 Å². The third-order valence-electron chi connectivity index (χ3n) is 1.90.